The number of hydrogen-bond acceptors (Lipinski definition) is 3. The van der Waals surface area contributed by atoms with E-state index in [2.05, 4.69) is 5.92 Å². The van der Waals surface area contributed by atoms with Gasteiger partial charge in [-0.15, -0.1) is 12.3 Å². The van der Waals surface area contributed by atoms with Crippen LogP contribution in [0.2, 0.25) is 0 Å². The molecule has 1 aromatic carbocycles. The van der Waals surface area contributed by atoms with E-state index >= 15 is 0 Å². The van der Waals surface area contributed by atoms with Gasteiger partial charge in [0.25, 0.3) is 11.7 Å². The molecule has 4 heteroatoms. The number of carbonyl (C=O) groups is 2. The van der Waals surface area contributed by atoms with Gasteiger partial charge in [0.2, 0.25) is 0 Å². The molecule has 0 aliphatic carbocycles. The largest absolute Gasteiger partial charge is 0.497 e. The van der Waals surface area contributed by atoms with Crippen LogP contribution in [0.25, 0.3) is 0 Å². The third-order valence-electron chi connectivity index (χ3n) is 2.88. The number of benzene rings is 1. The van der Waals surface area contributed by atoms with E-state index in [0.717, 1.165) is 0 Å². The molecule has 18 heavy (non-hydrogen) atoms. The number of rotatable bonds is 4. The zero-order chi connectivity index (χ0) is 13.1. The van der Waals surface area contributed by atoms with E-state index in [1.165, 1.54) is 4.90 Å². The molecule has 4 nitrogen and oxygen atoms in total. The maximum atomic E-state index is 11.8. The van der Waals surface area contributed by atoms with Gasteiger partial charge < -0.3 is 9.64 Å². The normalized spacial score (nSPS) is 13.4. The number of amides is 1. The van der Waals surface area contributed by atoms with Crippen LogP contribution in [0, 0.1) is 12.3 Å². The van der Waals surface area contributed by atoms with Gasteiger partial charge in [0.15, 0.2) is 0 Å². The quantitative estimate of drug-likeness (QED) is 0.459. The highest BCUT2D eigenvalue weighted by atomic mass is 16.5. The monoisotopic (exact) mass is 243 g/mol. The molecule has 1 aliphatic heterocycles. The summed E-state index contributed by atoms with van der Waals surface area (Å²) in [7, 11) is 1.54. The van der Waals surface area contributed by atoms with Gasteiger partial charge in [0, 0.05) is 19.0 Å². The second-order valence-corrected chi connectivity index (χ2v) is 3.98. The highest BCUT2D eigenvalue weighted by Crippen LogP contribution is 2.32. The summed E-state index contributed by atoms with van der Waals surface area (Å²) in [6.45, 7) is 0.453. The number of hydrogen-bond donors (Lipinski definition) is 0. The number of Topliss-reactive ketones (excluding diaryl/α,β-unsaturated/α-hetero) is 1. The summed E-state index contributed by atoms with van der Waals surface area (Å²) in [6.07, 6.45) is 6.43. The van der Waals surface area contributed by atoms with Crippen LogP contribution in [-0.2, 0) is 4.79 Å². The molecule has 1 amide bonds. The lowest BCUT2D eigenvalue weighted by atomic mass is 10.1. The fourth-order valence-electron chi connectivity index (χ4n) is 1.96. The van der Waals surface area contributed by atoms with Gasteiger partial charge in [0.1, 0.15) is 5.75 Å². The zero-order valence-electron chi connectivity index (χ0n) is 10.1. The van der Waals surface area contributed by atoms with Gasteiger partial charge in [-0.25, -0.2) is 0 Å². The number of ketones is 1. The number of carbonyl (C=O) groups excluding carboxylic acids is 2. The molecule has 0 bridgehead atoms. The van der Waals surface area contributed by atoms with Gasteiger partial charge in [-0.1, -0.05) is 0 Å². The second-order valence-electron chi connectivity index (χ2n) is 3.98. The Labute approximate surface area is 106 Å². The van der Waals surface area contributed by atoms with E-state index in [1.54, 1.807) is 25.3 Å². The summed E-state index contributed by atoms with van der Waals surface area (Å²) in [5.74, 6) is 2.19. The van der Waals surface area contributed by atoms with E-state index < -0.39 is 11.7 Å². The predicted molar refractivity (Wildman–Crippen MR) is 67.7 cm³/mol. The zero-order valence-corrected chi connectivity index (χ0v) is 10.1. The van der Waals surface area contributed by atoms with Crippen LogP contribution in [-0.4, -0.2) is 25.3 Å². The highest BCUT2D eigenvalue weighted by Gasteiger charge is 2.35. The standard InChI is InChI=1S/C14H13NO3/c1-3-4-5-8-15-12-9-10(18-2)6-7-11(12)13(16)14(15)17/h1,6-7,9H,4-5,8H2,2H3. The van der Waals surface area contributed by atoms with Gasteiger partial charge >= 0.3 is 0 Å². The van der Waals surface area contributed by atoms with E-state index in [1.807, 2.05) is 0 Å². The van der Waals surface area contributed by atoms with Gasteiger partial charge in [-0.3, -0.25) is 9.59 Å². The van der Waals surface area contributed by atoms with Crippen molar-refractivity contribution in [3.8, 4) is 18.1 Å². The summed E-state index contributed by atoms with van der Waals surface area (Å²) >= 11 is 0. The topological polar surface area (TPSA) is 46.6 Å². The Hall–Kier alpha value is -2.28. The van der Waals surface area contributed by atoms with Crippen molar-refractivity contribution in [2.24, 2.45) is 0 Å². The molecule has 0 unspecified atom stereocenters. The first-order valence-electron chi connectivity index (χ1n) is 5.66. The van der Waals surface area contributed by atoms with Crippen molar-refractivity contribution in [3.05, 3.63) is 23.8 Å². The fraction of sp³-hybridized carbons (Fsp3) is 0.286. The molecule has 0 aromatic heterocycles. The average Bonchev–Trinajstić information content (AvgIpc) is 2.63. The Balaban J connectivity index is 2.31. The SMILES string of the molecule is C#CCCCN1C(=O)C(=O)c2ccc(OC)cc21. The molecule has 92 valence electrons. The first-order valence-corrected chi connectivity index (χ1v) is 5.66. The van der Waals surface area contributed by atoms with Gasteiger partial charge in [-0.05, 0) is 18.6 Å². The highest BCUT2D eigenvalue weighted by molar-refractivity contribution is 6.52. The average molecular weight is 243 g/mol. The van der Waals surface area contributed by atoms with Gasteiger partial charge in [-0.2, -0.15) is 0 Å². The van der Waals surface area contributed by atoms with Crippen LogP contribution in [0.1, 0.15) is 23.2 Å². The minimum absolute atomic E-state index is 0.432. The molecule has 1 aliphatic rings. The fourth-order valence-corrected chi connectivity index (χ4v) is 1.96. The molecule has 0 fully saturated rings. The molecule has 0 saturated carbocycles. The Morgan fingerprint density at radius 2 is 2.17 bits per heavy atom. The molecule has 0 saturated heterocycles. The Morgan fingerprint density at radius 1 is 1.39 bits per heavy atom. The summed E-state index contributed by atoms with van der Waals surface area (Å²) in [4.78, 5) is 25.1. The van der Waals surface area contributed by atoms with E-state index in [0.29, 0.717) is 36.4 Å². The van der Waals surface area contributed by atoms with Crippen molar-refractivity contribution in [2.45, 2.75) is 12.8 Å². The van der Waals surface area contributed by atoms with Crippen LogP contribution < -0.4 is 9.64 Å². The number of ether oxygens (including phenoxy) is 1. The number of nitrogens with zero attached hydrogens (tertiary/aromatic N) is 1. The van der Waals surface area contributed by atoms with Crippen molar-refractivity contribution >= 4 is 17.4 Å². The molecular weight excluding hydrogens is 230 g/mol. The minimum Gasteiger partial charge on any atom is -0.497 e. The summed E-state index contributed by atoms with van der Waals surface area (Å²) < 4.78 is 5.10. The van der Waals surface area contributed by atoms with E-state index in [-0.39, 0.29) is 0 Å². The Bertz CT molecular complexity index is 542. The molecule has 1 heterocycles. The molecule has 2 rings (SSSR count). The molecule has 0 spiro atoms. The van der Waals surface area contributed by atoms with Crippen LogP contribution in [0.3, 0.4) is 0 Å². The number of unbranched alkanes of at least 4 members (excludes halogenated alkanes) is 1. The van der Waals surface area contributed by atoms with Gasteiger partial charge in [0.05, 0.1) is 18.4 Å². The lowest BCUT2D eigenvalue weighted by molar-refractivity contribution is -0.114. The van der Waals surface area contributed by atoms with Crippen LogP contribution >= 0.6 is 0 Å². The van der Waals surface area contributed by atoms with Crippen LogP contribution in [0.5, 0.6) is 5.75 Å². The minimum atomic E-state index is -0.490. The number of fused-ring (bicyclic) bond motifs is 1. The third-order valence-corrected chi connectivity index (χ3v) is 2.88. The van der Waals surface area contributed by atoms with Crippen LogP contribution in [0.15, 0.2) is 18.2 Å². The summed E-state index contributed by atoms with van der Waals surface area (Å²) in [6, 6.07) is 5.00. The molecule has 0 radical (unpaired) electrons. The predicted octanol–water partition coefficient (Wildman–Crippen LogP) is 1.64. The van der Waals surface area contributed by atoms with E-state index in [4.69, 9.17) is 11.2 Å². The first-order chi connectivity index (χ1) is 8.69. The number of terminal acetylenes is 1. The lowest BCUT2D eigenvalue weighted by Gasteiger charge is -2.16. The van der Waals surface area contributed by atoms with Crippen molar-refractivity contribution < 1.29 is 14.3 Å². The van der Waals surface area contributed by atoms with Crippen molar-refractivity contribution in [2.75, 3.05) is 18.6 Å². The molecule has 0 atom stereocenters. The maximum Gasteiger partial charge on any atom is 0.299 e. The lowest BCUT2D eigenvalue weighted by Crippen LogP contribution is -2.30. The van der Waals surface area contributed by atoms with E-state index in [9.17, 15) is 9.59 Å². The molecule has 1 aromatic rings. The maximum absolute atomic E-state index is 11.8. The Morgan fingerprint density at radius 3 is 2.83 bits per heavy atom. The first kappa shape index (κ1) is 12.2. The Kier molecular flexibility index (Phi) is 3.33. The number of anilines is 1. The van der Waals surface area contributed by atoms with Crippen molar-refractivity contribution in [3.63, 3.8) is 0 Å². The van der Waals surface area contributed by atoms with Crippen molar-refractivity contribution in [1.29, 1.82) is 0 Å². The second kappa shape index (κ2) is 4.92. The van der Waals surface area contributed by atoms with Crippen LogP contribution in [0.4, 0.5) is 5.69 Å². The van der Waals surface area contributed by atoms with Crippen molar-refractivity contribution in [1.82, 2.24) is 0 Å². The molecular formula is C14H13NO3. The summed E-state index contributed by atoms with van der Waals surface area (Å²) in [5.41, 5.74) is 1.04. The smallest absolute Gasteiger partial charge is 0.299 e. The molecule has 0 N–H and O–H groups in total. The third kappa shape index (κ3) is 1.95. The summed E-state index contributed by atoms with van der Waals surface area (Å²) in [5, 5.41) is 0. The number of methoxy groups -OCH3 is 1.